The van der Waals surface area contributed by atoms with E-state index in [1.54, 1.807) is 0 Å². The van der Waals surface area contributed by atoms with E-state index in [0.717, 1.165) is 7.69 Å². The summed E-state index contributed by atoms with van der Waals surface area (Å²) >= 11 is -4.79. The first-order valence-corrected chi connectivity index (χ1v) is 4.98. The van der Waals surface area contributed by atoms with Gasteiger partial charge in [0.05, 0.1) is 13.5 Å². The Hall–Kier alpha value is 0.125. The minimum Gasteiger partial charge on any atom is -0.760 e. The van der Waals surface area contributed by atoms with Gasteiger partial charge in [0, 0.05) is 22.5 Å². The zero-order valence-electron chi connectivity index (χ0n) is 6.26. The summed E-state index contributed by atoms with van der Waals surface area (Å²) in [5.74, 6) is 0. The number of hydrogen-bond acceptors (Lipinski definition) is 6. The van der Waals surface area contributed by atoms with Gasteiger partial charge in [0.15, 0.2) is 0 Å². The highest BCUT2D eigenvalue weighted by atomic mass is 32.2. The van der Waals surface area contributed by atoms with Crippen LogP contribution >= 0.6 is 0 Å². The molecule has 0 aromatic heterocycles. The molecular formula is C2H6BN2O6S2-2. The van der Waals surface area contributed by atoms with Gasteiger partial charge in [0.2, 0.25) is 0 Å². The van der Waals surface area contributed by atoms with Crippen LogP contribution < -0.4 is 9.44 Å². The summed E-state index contributed by atoms with van der Waals surface area (Å²) in [5.41, 5.74) is 0. The second kappa shape index (κ2) is 8.71. The van der Waals surface area contributed by atoms with Gasteiger partial charge in [-0.1, -0.05) is 0 Å². The van der Waals surface area contributed by atoms with E-state index in [4.69, 9.17) is 0 Å². The fraction of sp³-hybridized carbons (Fsp3) is 1.00. The van der Waals surface area contributed by atoms with E-state index in [2.05, 4.69) is 9.31 Å². The molecule has 0 aliphatic carbocycles. The maximum atomic E-state index is 9.84. The van der Waals surface area contributed by atoms with Crippen molar-refractivity contribution in [3.8, 4) is 0 Å². The molecule has 13 heavy (non-hydrogen) atoms. The molecule has 0 bridgehead atoms. The van der Waals surface area contributed by atoms with Crippen molar-refractivity contribution in [3.63, 3.8) is 0 Å². The van der Waals surface area contributed by atoms with Gasteiger partial charge in [0.25, 0.3) is 0 Å². The first-order valence-electron chi connectivity index (χ1n) is 2.83. The Labute approximate surface area is 80.5 Å². The predicted molar refractivity (Wildman–Crippen MR) is 41.8 cm³/mol. The highest BCUT2D eigenvalue weighted by molar-refractivity contribution is 7.77. The van der Waals surface area contributed by atoms with Crippen molar-refractivity contribution in [3.05, 3.63) is 0 Å². The Kier molecular flexibility index (Phi) is 8.79. The van der Waals surface area contributed by atoms with Crippen LogP contribution in [-0.2, 0) is 31.8 Å². The number of hydrogen-bond donors (Lipinski definition) is 2. The summed E-state index contributed by atoms with van der Waals surface area (Å²) in [7, 11) is 0.805. The minimum absolute atomic E-state index is 0.281. The lowest BCUT2D eigenvalue weighted by Gasteiger charge is -2.08. The molecule has 0 aromatic rings. The average Bonchev–Trinajstić information content (AvgIpc) is 2.01. The molecule has 2 N–H and O–H groups in total. The largest absolute Gasteiger partial charge is 0.760 e. The topological polar surface area (TPSA) is 123 Å². The summed E-state index contributed by atoms with van der Waals surface area (Å²) in [6, 6.07) is 0. The lowest BCUT2D eigenvalue weighted by atomic mass is 10.4. The highest BCUT2D eigenvalue weighted by Crippen LogP contribution is 1.72. The van der Waals surface area contributed by atoms with Crippen molar-refractivity contribution in [2.45, 2.75) is 0 Å². The zero-order chi connectivity index (χ0) is 10.1. The molecule has 0 amide bonds. The van der Waals surface area contributed by atoms with E-state index in [1.807, 2.05) is 9.44 Å². The molecule has 0 saturated heterocycles. The first kappa shape index (κ1) is 13.1. The predicted octanol–water partition coefficient (Wildman–Crippen LogP) is -2.76. The second-order valence-corrected chi connectivity index (χ2v) is 2.99. The molecule has 2 unspecified atom stereocenters. The molecule has 0 aliphatic rings. The molecule has 77 valence electrons. The maximum absolute atomic E-state index is 9.84. The molecule has 0 fully saturated rings. The van der Waals surface area contributed by atoms with Gasteiger partial charge < -0.3 is 18.4 Å². The third-order valence-corrected chi connectivity index (χ3v) is 1.36. The molecule has 0 heterocycles. The molecule has 0 aromatic carbocycles. The van der Waals surface area contributed by atoms with E-state index < -0.39 is 22.5 Å². The van der Waals surface area contributed by atoms with Crippen molar-refractivity contribution >= 4 is 30.2 Å². The van der Waals surface area contributed by atoms with Gasteiger partial charge in [-0.05, 0) is 0 Å². The maximum Gasteiger partial charge on any atom is 0.490 e. The highest BCUT2D eigenvalue weighted by Gasteiger charge is 1.92. The zero-order valence-corrected chi connectivity index (χ0v) is 7.89. The van der Waals surface area contributed by atoms with Crippen LogP contribution in [0.1, 0.15) is 0 Å². The summed E-state index contributed by atoms with van der Waals surface area (Å²) in [6.07, 6.45) is 0. The van der Waals surface area contributed by atoms with Crippen molar-refractivity contribution in [1.29, 1.82) is 0 Å². The molecule has 0 saturated carbocycles. The van der Waals surface area contributed by atoms with Gasteiger partial charge in [-0.15, -0.1) is 0 Å². The van der Waals surface area contributed by atoms with Crippen LogP contribution in [0.3, 0.4) is 0 Å². The van der Waals surface area contributed by atoms with Gasteiger partial charge in [-0.25, -0.2) is 9.44 Å². The fourth-order valence-electron chi connectivity index (χ4n) is 0.280. The van der Waals surface area contributed by atoms with Crippen molar-refractivity contribution in [2.24, 2.45) is 0 Å². The third kappa shape index (κ3) is 12.1. The van der Waals surface area contributed by atoms with Crippen LogP contribution in [0.15, 0.2) is 0 Å². The Morgan fingerprint density at radius 1 is 1.08 bits per heavy atom. The molecule has 0 aliphatic heterocycles. The van der Waals surface area contributed by atoms with Crippen LogP contribution in [0.25, 0.3) is 0 Å². The number of nitrogens with one attached hydrogen (secondary N) is 2. The van der Waals surface area contributed by atoms with Gasteiger partial charge in [-0.3, -0.25) is 8.42 Å². The van der Waals surface area contributed by atoms with Crippen LogP contribution in [0.2, 0.25) is 0 Å². The van der Waals surface area contributed by atoms with Gasteiger partial charge >= 0.3 is 7.69 Å². The molecule has 8 nitrogen and oxygen atoms in total. The molecular weight excluding hydrogens is 223 g/mol. The second-order valence-electron chi connectivity index (χ2n) is 1.48. The van der Waals surface area contributed by atoms with E-state index in [0.29, 0.717) is 0 Å². The summed E-state index contributed by atoms with van der Waals surface area (Å²) in [5, 5.41) is 0. The van der Waals surface area contributed by atoms with E-state index in [9.17, 15) is 17.5 Å². The lowest BCUT2D eigenvalue weighted by molar-refractivity contribution is 0.216. The van der Waals surface area contributed by atoms with Gasteiger partial charge in [-0.2, -0.15) is 0 Å². The SMILES string of the molecule is O=S([O-])NCO[B]OCNS(=O)[O-]. The van der Waals surface area contributed by atoms with Crippen LogP contribution in [0.5, 0.6) is 0 Å². The normalized spacial score (nSPS) is 15.2. The van der Waals surface area contributed by atoms with Gasteiger partial charge in [0.1, 0.15) is 0 Å². The van der Waals surface area contributed by atoms with Crippen molar-refractivity contribution in [2.75, 3.05) is 13.5 Å². The average molecular weight is 229 g/mol. The van der Waals surface area contributed by atoms with E-state index in [-0.39, 0.29) is 13.5 Å². The summed E-state index contributed by atoms with van der Waals surface area (Å²) in [6.45, 7) is -0.562. The lowest BCUT2D eigenvalue weighted by Crippen LogP contribution is -2.25. The van der Waals surface area contributed by atoms with Crippen molar-refractivity contribution in [1.82, 2.24) is 9.44 Å². The minimum atomic E-state index is -2.39. The molecule has 0 rings (SSSR count). The van der Waals surface area contributed by atoms with Crippen LogP contribution in [0, 0.1) is 0 Å². The summed E-state index contributed by atoms with van der Waals surface area (Å²) < 4.78 is 52.0. The molecule has 0 spiro atoms. The third-order valence-electron chi connectivity index (χ3n) is 0.656. The Morgan fingerprint density at radius 3 is 1.77 bits per heavy atom. The number of rotatable bonds is 8. The van der Waals surface area contributed by atoms with Crippen molar-refractivity contribution < 1.29 is 26.8 Å². The van der Waals surface area contributed by atoms with Crippen LogP contribution in [-0.4, -0.2) is 38.7 Å². The summed E-state index contributed by atoms with van der Waals surface area (Å²) in [4.78, 5) is 0. The van der Waals surface area contributed by atoms with E-state index >= 15 is 0 Å². The molecule has 2 atom stereocenters. The first-order chi connectivity index (χ1) is 6.13. The Morgan fingerprint density at radius 2 is 1.46 bits per heavy atom. The quantitative estimate of drug-likeness (QED) is 0.201. The smallest absolute Gasteiger partial charge is 0.490 e. The Bertz CT molecular complexity index is 162. The van der Waals surface area contributed by atoms with Crippen LogP contribution in [0.4, 0.5) is 0 Å². The van der Waals surface area contributed by atoms with E-state index in [1.165, 1.54) is 0 Å². The molecule has 1 radical (unpaired) electrons. The Balaban J connectivity index is 3.00. The monoisotopic (exact) mass is 229 g/mol. The fourth-order valence-corrected chi connectivity index (χ4v) is 0.609. The standard InChI is InChI=1S/C2H8BN2O6S2/c6-12(7)4-1-10-3-11-2-5-13(8)9/h4-5H,1-2H2,(H,6,7)(H,8,9)/p-2. The molecule has 11 heteroatoms.